The van der Waals surface area contributed by atoms with Crippen LogP contribution in [0.2, 0.25) is 0 Å². The predicted octanol–water partition coefficient (Wildman–Crippen LogP) is 3.29. The fourth-order valence-electron chi connectivity index (χ4n) is 2.71. The quantitative estimate of drug-likeness (QED) is 0.924. The third kappa shape index (κ3) is 2.67. The van der Waals surface area contributed by atoms with Crippen LogP contribution in [0, 0.1) is 0 Å². The molecule has 2 aromatic rings. The number of hydrogen-bond donors (Lipinski definition) is 1. The summed E-state index contributed by atoms with van der Waals surface area (Å²) in [5.74, 6) is 0.0811. The molecule has 0 radical (unpaired) electrons. The standard InChI is InChI=1S/C17H18N2O/c20-17(18-14-8-3-1-4-9-14)16-12-7-13-19(16)15-10-5-2-6-11-15/h1-6,8-11,16H,7,12-13H2,(H,18,20). The molecule has 1 aliphatic rings. The molecule has 1 atom stereocenters. The molecule has 1 fully saturated rings. The monoisotopic (exact) mass is 266 g/mol. The van der Waals surface area contributed by atoms with Crippen molar-refractivity contribution in [2.75, 3.05) is 16.8 Å². The Morgan fingerprint density at radius 3 is 2.35 bits per heavy atom. The predicted molar refractivity (Wildman–Crippen MR) is 81.9 cm³/mol. The van der Waals surface area contributed by atoms with E-state index < -0.39 is 0 Å². The first-order chi connectivity index (χ1) is 9.84. The Morgan fingerprint density at radius 1 is 1.00 bits per heavy atom. The summed E-state index contributed by atoms with van der Waals surface area (Å²) in [6.07, 6.45) is 1.97. The van der Waals surface area contributed by atoms with Crippen molar-refractivity contribution in [1.29, 1.82) is 0 Å². The first kappa shape index (κ1) is 12.7. The van der Waals surface area contributed by atoms with Gasteiger partial charge in [-0.2, -0.15) is 0 Å². The van der Waals surface area contributed by atoms with Crippen molar-refractivity contribution in [3.05, 3.63) is 60.7 Å². The van der Waals surface area contributed by atoms with Gasteiger partial charge in [-0.05, 0) is 37.1 Å². The van der Waals surface area contributed by atoms with Crippen LogP contribution in [0.15, 0.2) is 60.7 Å². The van der Waals surface area contributed by atoms with Crippen LogP contribution in [0.5, 0.6) is 0 Å². The zero-order chi connectivity index (χ0) is 13.8. The summed E-state index contributed by atoms with van der Waals surface area (Å²) in [5.41, 5.74) is 1.98. The lowest BCUT2D eigenvalue weighted by atomic mass is 10.2. The molecule has 1 N–H and O–H groups in total. The molecule has 1 saturated heterocycles. The van der Waals surface area contributed by atoms with Crippen LogP contribution in [0.25, 0.3) is 0 Å². The normalized spacial score (nSPS) is 18.0. The summed E-state index contributed by atoms with van der Waals surface area (Å²) in [6.45, 7) is 0.941. The number of para-hydroxylation sites is 2. The number of hydrogen-bond acceptors (Lipinski definition) is 2. The first-order valence-corrected chi connectivity index (χ1v) is 7.02. The van der Waals surface area contributed by atoms with Crippen molar-refractivity contribution in [3.8, 4) is 0 Å². The molecule has 102 valence electrons. The Morgan fingerprint density at radius 2 is 1.65 bits per heavy atom. The van der Waals surface area contributed by atoms with E-state index in [9.17, 15) is 4.79 Å². The SMILES string of the molecule is O=C(Nc1ccccc1)C1CCCN1c1ccccc1. The maximum absolute atomic E-state index is 12.4. The van der Waals surface area contributed by atoms with E-state index in [1.165, 1.54) is 0 Å². The maximum Gasteiger partial charge on any atom is 0.247 e. The summed E-state index contributed by atoms with van der Waals surface area (Å²) >= 11 is 0. The molecular weight excluding hydrogens is 248 g/mol. The lowest BCUT2D eigenvalue weighted by molar-refractivity contribution is -0.117. The van der Waals surface area contributed by atoms with Crippen molar-refractivity contribution >= 4 is 17.3 Å². The Labute approximate surface area is 119 Å². The molecule has 3 nitrogen and oxygen atoms in total. The molecule has 1 aliphatic heterocycles. The van der Waals surface area contributed by atoms with E-state index in [1.54, 1.807) is 0 Å². The van der Waals surface area contributed by atoms with Crippen molar-refractivity contribution in [2.24, 2.45) is 0 Å². The molecule has 3 heteroatoms. The number of anilines is 2. The van der Waals surface area contributed by atoms with Gasteiger partial charge >= 0.3 is 0 Å². The molecule has 1 amide bonds. The van der Waals surface area contributed by atoms with E-state index in [0.29, 0.717) is 0 Å². The van der Waals surface area contributed by atoms with Gasteiger partial charge in [0.15, 0.2) is 0 Å². The van der Waals surface area contributed by atoms with Crippen LogP contribution in [0.4, 0.5) is 11.4 Å². The Bertz CT molecular complexity index is 568. The van der Waals surface area contributed by atoms with Crippen LogP contribution in [-0.2, 0) is 4.79 Å². The number of rotatable bonds is 3. The minimum Gasteiger partial charge on any atom is -0.360 e. The minimum atomic E-state index is -0.0717. The summed E-state index contributed by atoms with van der Waals surface area (Å²) in [7, 11) is 0. The van der Waals surface area contributed by atoms with E-state index in [0.717, 1.165) is 30.8 Å². The van der Waals surface area contributed by atoms with E-state index in [4.69, 9.17) is 0 Å². The number of carbonyl (C=O) groups excluding carboxylic acids is 1. The molecule has 0 aliphatic carbocycles. The third-order valence-electron chi connectivity index (χ3n) is 3.68. The zero-order valence-electron chi connectivity index (χ0n) is 11.3. The van der Waals surface area contributed by atoms with E-state index in [1.807, 2.05) is 48.5 Å². The number of amides is 1. The van der Waals surface area contributed by atoms with Gasteiger partial charge in [0.1, 0.15) is 6.04 Å². The average Bonchev–Trinajstić information content (AvgIpc) is 2.99. The van der Waals surface area contributed by atoms with Gasteiger partial charge in [0.05, 0.1) is 0 Å². The maximum atomic E-state index is 12.4. The second-order valence-corrected chi connectivity index (χ2v) is 5.04. The molecular formula is C17H18N2O. The fourth-order valence-corrected chi connectivity index (χ4v) is 2.71. The van der Waals surface area contributed by atoms with Gasteiger partial charge in [-0.3, -0.25) is 4.79 Å². The molecule has 0 saturated carbocycles. The lowest BCUT2D eigenvalue weighted by Crippen LogP contribution is -2.39. The first-order valence-electron chi connectivity index (χ1n) is 7.02. The molecule has 1 unspecified atom stereocenters. The molecule has 3 rings (SSSR count). The van der Waals surface area contributed by atoms with E-state index >= 15 is 0 Å². The minimum absolute atomic E-state index is 0.0717. The second kappa shape index (κ2) is 5.78. The van der Waals surface area contributed by atoms with Gasteiger partial charge in [0.2, 0.25) is 5.91 Å². The topological polar surface area (TPSA) is 32.3 Å². The van der Waals surface area contributed by atoms with Crippen LogP contribution >= 0.6 is 0 Å². The molecule has 0 bridgehead atoms. The highest BCUT2D eigenvalue weighted by Crippen LogP contribution is 2.26. The Hall–Kier alpha value is -2.29. The van der Waals surface area contributed by atoms with Gasteiger partial charge < -0.3 is 10.2 Å². The molecule has 20 heavy (non-hydrogen) atoms. The molecule has 1 heterocycles. The van der Waals surface area contributed by atoms with Crippen LogP contribution in [0.3, 0.4) is 0 Å². The summed E-state index contributed by atoms with van der Waals surface area (Å²) < 4.78 is 0. The number of nitrogens with zero attached hydrogens (tertiary/aromatic N) is 1. The third-order valence-corrected chi connectivity index (χ3v) is 3.68. The van der Waals surface area contributed by atoms with Crippen LogP contribution < -0.4 is 10.2 Å². The van der Waals surface area contributed by atoms with Gasteiger partial charge in [0.25, 0.3) is 0 Å². The van der Waals surface area contributed by atoms with Gasteiger partial charge in [0, 0.05) is 17.9 Å². The summed E-state index contributed by atoms with van der Waals surface area (Å²) in [5, 5.41) is 3.00. The van der Waals surface area contributed by atoms with Gasteiger partial charge in [-0.15, -0.1) is 0 Å². The smallest absolute Gasteiger partial charge is 0.247 e. The summed E-state index contributed by atoms with van der Waals surface area (Å²) in [6, 6.07) is 19.7. The molecule has 2 aromatic carbocycles. The Balaban J connectivity index is 1.74. The van der Waals surface area contributed by atoms with E-state index in [-0.39, 0.29) is 11.9 Å². The summed E-state index contributed by atoms with van der Waals surface area (Å²) in [4.78, 5) is 14.6. The highest BCUT2D eigenvalue weighted by Gasteiger charge is 2.30. The Kier molecular flexibility index (Phi) is 3.68. The number of carbonyl (C=O) groups is 1. The van der Waals surface area contributed by atoms with Crippen molar-refractivity contribution < 1.29 is 4.79 Å². The number of nitrogens with one attached hydrogen (secondary N) is 1. The van der Waals surface area contributed by atoms with E-state index in [2.05, 4.69) is 22.3 Å². The molecule has 0 aromatic heterocycles. The second-order valence-electron chi connectivity index (χ2n) is 5.04. The number of benzene rings is 2. The zero-order valence-corrected chi connectivity index (χ0v) is 11.3. The van der Waals surface area contributed by atoms with Crippen LogP contribution in [0.1, 0.15) is 12.8 Å². The fraction of sp³-hybridized carbons (Fsp3) is 0.235. The van der Waals surface area contributed by atoms with Gasteiger partial charge in [-0.1, -0.05) is 36.4 Å². The van der Waals surface area contributed by atoms with Crippen molar-refractivity contribution in [1.82, 2.24) is 0 Å². The highest BCUT2D eigenvalue weighted by atomic mass is 16.2. The highest BCUT2D eigenvalue weighted by molar-refractivity contribution is 5.97. The van der Waals surface area contributed by atoms with Crippen LogP contribution in [-0.4, -0.2) is 18.5 Å². The molecule has 0 spiro atoms. The largest absolute Gasteiger partial charge is 0.360 e. The lowest BCUT2D eigenvalue weighted by Gasteiger charge is -2.25. The van der Waals surface area contributed by atoms with Crippen molar-refractivity contribution in [2.45, 2.75) is 18.9 Å². The van der Waals surface area contributed by atoms with Crippen molar-refractivity contribution in [3.63, 3.8) is 0 Å². The van der Waals surface area contributed by atoms with Gasteiger partial charge in [-0.25, -0.2) is 0 Å². The average molecular weight is 266 g/mol.